The van der Waals surface area contributed by atoms with Crippen LogP contribution in [0.15, 0.2) is 84.9 Å². The van der Waals surface area contributed by atoms with Crippen LogP contribution in [0, 0.1) is 11.7 Å². The molecular formula is C29H30FNO3. The second-order valence-electron chi connectivity index (χ2n) is 9.69. The molecule has 1 heterocycles. The molecule has 1 saturated carbocycles. The van der Waals surface area contributed by atoms with E-state index in [1.54, 1.807) is 12.1 Å². The van der Waals surface area contributed by atoms with Gasteiger partial charge in [0.25, 0.3) is 0 Å². The predicted octanol–water partition coefficient (Wildman–Crippen LogP) is 5.02. The molecule has 3 aromatic rings. The molecule has 0 amide bonds. The lowest BCUT2D eigenvalue weighted by atomic mass is 9.59. The van der Waals surface area contributed by atoms with Crippen molar-refractivity contribution in [1.29, 1.82) is 0 Å². The zero-order chi connectivity index (χ0) is 23.8. The van der Waals surface area contributed by atoms with Gasteiger partial charge in [-0.15, -0.1) is 0 Å². The molecule has 34 heavy (non-hydrogen) atoms. The molecule has 176 valence electrons. The molecule has 3 aromatic carbocycles. The molecule has 4 unspecified atom stereocenters. The van der Waals surface area contributed by atoms with Crippen molar-refractivity contribution in [3.63, 3.8) is 0 Å². The maximum Gasteiger partial charge on any atom is 0.303 e. The monoisotopic (exact) mass is 459 g/mol. The Morgan fingerprint density at radius 1 is 1.03 bits per heavy atom. The first-order valence-electron chi connectivity index (χ1n) is 11.9. The number of esters is 1. The minimum atomic E-state index is -1.24. The number of hydrogen-bond acceptors (Lipinski definition) is 4. The van der Waals surface area contributed by atoms with E-state index >= 15 is 0 Å². The Balaban J connectivity index is 1.61. The highest BCUT2D eigenvalue weighted by Crippen LogP contribution is 2.57. The Bertz CT molecular complexity index is 1140. The van der Waals surface area contributed by atoms with Crippen LogP contribution in [-0.2, 0) is 21.7 Å². The summed E-state index contributed by atoms with van der Waals surface area (Å²) in [4.78, 5) is 14.8. The van der Waals surface area contributed by atoms with Gasteiger partial charge < -0.3 is 9.84 Å². The highest BCUT2D eigenvalue weighted by Gasteiger charge is 2.64. The molecule has 5 rings (SSSR count). The third-order valence-corrected chi connectivity index (χ3v) is 7.61. The van der Waals surface area contributed by atoms with E-state index in [-0.39, 0.29) is 23.6 Å². The predicted molar refractivity (Wildman–Crippen MR) is 128 cm³/mol. The van der Waals surface area contributed by atoms with Gasteiger partial charge in [-0.2, -0.15) is 0 Å². The zero-order valence-corrected chi connectivity index (χ0v) is 19.4. The number of halogens is 1. The van der Waals surface area contributed by atoms with Crippen LogP contribution in [0.2, 0.25) is 0 Å². The molecule has 1 saturated heterocycles. The molecule has 0 radical (unpaired) electrons. The molecule has 1 aliphatic heterocycles. The third kappa shape index (κ3) is 4.04. The van der Waals surface area contributed by atoms with E-state index in [1.165, 1.54) is 24.6 Å². The summed E-state index contributed by atoms with van der Waals surface area (Å²) in [6.45, 7) is 3.23. The number of aliphatic hydroxyl groups is 1. The van der Waals surface area contributed by atoms with E-state index in [9.17, 15) is 14.3 Å². The van der Waals surface area contributed by atoms with Gasteiger partial charge in [-0.05, 0) is 41.7 Å². The van der Waals surface area contributed by atoms with Crippen molar-refractivity contribution >= 4 is 5.97 Å². The van der Waals surface area contributed by atoms with Gasteiger partial charge in [0.1, 0.15) is 11.4 Å². The number of ether oxygens (including phenoxy) is 1. The van der Waals surface area contributed by atoms with Crippen LogP contribution >= 0.6 is 0 Å². The van der Waals surface area contributed by atoms with Crippen molar-refractivity contribution in [3.8, 4) is 0 Å². The first-order valence-corrected chi connectivity index (χ1v) is 11.9. The van der Waals surface area contributed by atoms with Crippen LogP contribution in [0.4, 0.5) is 4.39 Å². The summed E-state index contributed by atoms with van der Waals surface area (Å²) in [5, 5.41) is 12.2. The average Bonchev–Trinajstić information content (AvgIpc) is 3.20. The Labute approximate surface area is 200 Å². The van der Waals surface area contributed by atoms with Crippen molar-refractivity contribution in [2.75, 3.05) is 13.1 Å². The molecule has 4 nitrogen and oxygen atoms in total. The Hall–Kier alpha value is -3.02. The number of nitrogens with zero attached hydrogens (tertiary/aromatic N) is 1. The quantitative estimate of drug-likeness (QED) is 0.544. The topological polar surface area (TPSA) is 49.8 Å². The summed E-state index contributed by atoms with van der Waals surface area (Å²) < 4.78 is 20.0. The molecule has 2 aliphatic rings. The number of hydrogen-bond donors (Lipinski definition) is 1. The van der Waals surface area contributed by atoms with Gasteiger partial charge in [-0.25, -0.2) is 4.39 Å². The number of carbonyl (C=O) groups is 1. The minimum absolute atomic E-state index is 0.0518. The summed E-state index contributed by atoms with van der Waals surface area (Å²) in [7, 11) is 0. The van der Waals surface area contributed by atoms with E-state index in [1.807, 2.05) is 36.4 Å². The van der Waals surface area contributed by atoms with Gasteiger partial charge in [0.05, 0.1) is 5.60 Å². The molecule has 4 atom stereocenters. The summed E-state index contributed by atoms with van der Waals surface area (Å²) in [6.07, 6.45) is 1.16. The van der Waals surface area contributed by atoms with Crippen molar-refractivity contribution in [1.82, 2.24) is 4.90 Å². The Morgan fingerprint density at radius 2 is 1.68 bits per heavy atom. The summed E-state index contributed by atoms with van der Waals surface area (Å²) in [6, 6.07) is 26.4. The standard InChI is InChI=1S/C29H30FNO3/c1-21(32)34-29-20-31(18-22-8-4-2-5-9-22)19-27(29)28(33,24-12-14-25(30)15-13-24)17-16-26(29)23-10-6-3-7-11-23/h2-15,26-27,33H,16-20H2,1H3. The van der Waals surface area contributed by atoms with Crippen LogP contribution in [0.25, 0.3) is 0 Å². The van der Waals surface area contributed by atoms with Gasteiger partial charge in [0.2, 0.25) is 0 Å². The highest BCUT2D eigenvalue weighted by atomic mass is 19.1. The van der Waals surface area contributed by atoms with Gasteiger partial charge >= 0.3 is 5.97 Å². The zero-order valence-electron chi connectivity index (χ0n) is 19.4. The molecular weight excluding hydrogens is 429 g/mol. The molecule has 0 aromatic heterocycles. The minimum Gasteiger partial charge on any atom is -0.457 e. The number of rotatable bonds is 5. The van der Waals surface area contributed by atoms with Gasteiger partial charge in [-0.1, -0.05) is 72.8 Å². The van der Waals surface area contributed by atoms with Gasteiger partial charge in [0, 0.05) is 38.4 Å². The maximum atomic E-state index is 13.7. The van der Waals surface area contributed by atoms with Crippen molar-refractivity contribution in [2.24, 2.45) is 5.92 Å². The second-order valence-corrected chi connectivity index (χ2v) is 9.69. The van der Waals surface area contributed by atoms with E-state index in [0.29, 0.717) is 38.0 Å². The summed E-state index contributed by atoms with van der Waals surface area (Å²) in [5.74, 6) is -1.11. The Morgan fingerprint density at radius 3 is 2.32 bits per heavy atom. The van der Waals surface area contributed by atoms with Crippen LogP contribution in [0.5, 0.6) is 0 Å². The van der Waals surface area contributed by atoms with E-state index in [2.05, 4.69) is 29.2 Å². The first-order chi connectivity index (χ1) is 16.4. The molecule has 2 fully saturated rings. The van der Waals surface area contributed by atoms with Gasteiger partial charge in [0.15, 0.2) is 0 Å². The number of carbonyl (C=O) groups excluding carboxylic acids is 1. The number of likely N-dealkylation sites (tertiary alicyclic amines) is 1. The Kier molecular flexibility index (Phi) is 6.00. The van der Waals surface area contributed by atoms with Gasteiger partial charge in [-0.3, -0.25) is 9.69 Å². The molecule has 5 heteroatoms. The largest absolute Gasteiger partial charge is 0.457 e. The fraction of sp³-hybridized carbons (Fsp3) is 0.345. The van der Waals surface area contributed by atoms with E-state index in [0.717, 1.165) is 5.56 Å². The normalized spacial score (nSPS) is 28.9. The number of fused-ring (bicyclic) bond motifs is 1. The summed E-state index contributed by atoms with van der Waals surface area (Å²) in [5.41, 5.74) is 0.809. The van der Waals surface area contributed by atoms with Crippen LogP contribution < -0.4 is 0 Å². The molecule has 1 aliphatic carbocycles. The summed E-state index contributed by atoms with van der Waals surface area (Å²) >= 11 is 0. The van der Waals surface area contributed by atoms with Crippen LogP contribution in [0.1, 0.15) is 42.4 Å². The van der Waals surface area contributed by atoms with Crippen molar-refractivity contribution in [3.05, 3.63) is 107 Å². The lowest BCUT2D eigenvalue weighted by Gasteiger charge is -2.52. The molecule has 0 spiro atoms. The molecule has 0 bridgehead atoms. The lowest BCUT2D eigenvalue weighted by molar-refractivity contribution is -0.190. The fourth-order valence-electron chi connectivity index (χ4n) is 6.25. The lowest BCUT2D eigenvalue weighted by Crippen LogP contribution is -2.58. The highest BCUT2D eigenvalue weighted by molar-refractivity contribution is 5.67. The fourth-order valence-corrected chi connectivity index (χ4v) is 6.25. The van der Waals surface area contributed by atoms with Crippen LogP contribution in [-0.4, -0.2) is 34.7 Å². The second kappa shape index (κ2) is 8.97. The smallest absolute Gasteiger partial charge is 0.303 e. The molecule has 1 N–H and O–H groups in total. The van der Waals surface area contributed by atoms with Crippen molar-refractivity contribution < 1.29 is 19.0 Å². The van der Waals surface area contributed by atoms with Crippen LogP contribution in [0.3, 0.4) is 0 Å². The maximum absolute atomic E-state index is 13.7. The first kappa shape index (κ1) is 22.8. The van der Waals surface area contributed by atoms with E-state index in [4.69, 9.17) is 4.74 Å². The number of benzene rings is 3. The average molecular weight is 460 g/mol. The van der Waals surface area contributed by atoms with E-state index < -0.39 is 11.2 Å². The SMILES string of the molecule is CC(=O)OC12CN(Cc3ccccc3)CC1C(O)(c1ccc(F)cc1)CCC2c1ccccc1. The third-order valence-electron chi connectivity index (χ3n) is 7.61. The van der Waals surface area contributed by atoms with Crippen molar-refractivity contribution in [2.45, 2.75) is 43.4 Å².